The smallest absolute Gasteiger partial charge is 0.481 e. The second kappa shape index (κ2) is 4.97. The highest BCUT2D eigenvalue weighted by molar-refractivity contribution is 5.83. The van der Waals surface area contributed by atoms with E-state index in [1.54, 1.807) is 0 Å². The number of hydrogen-bond acceptors (Lipinski definition) is 3. The molecule has 1 aromatic rings. The van der Waals surface area contributed by atoms with Crippen LogP contribution in [0, 0.1) is 0 Å². The molecule has 0 saturated heterocycles. The Morgan fingerprint density at radius 3 is 2.25 bits per heavy atom. The summed E-state index contributed by atoms with van der Waals surface area (Å²) in [4.78, 5) is 11.4. The number of carboxylic acid groups (broad SMARTS) is 1. The number of aliphatic carboxylic acids is 1. The normalized spacial score (nSPS) is 25.9. The van der Waals surface area contributed by atoms with Crippen molar-refractivity contribution >= 4 is 5.97 Å². The molecule has 0 aliphatic heterocycles. The zero-order valence-electron chi connectivity index (χ0n) is 10.6. The highest BCUT2D eigenvalue weighted by Crippen LogP contribution is 2.45. The van der Waals surface area contributed by atoms with E-state index in [0.29, 0.717) is 18.4 Å². The van der Waals surface area contributed by atoms with E-state index in [-0.39, 0.29) is 11.9 Å². The predicted molar refractivity (Wildman–Crippen MR) is 62.5 cm³/mol. The summed E-state index contributed by atoms with van der Waals surface area (Å²) in [6.45, 7) is 0. The fraction of sp³-hybridized carbons (Fsp3) is 0.462. The Morgan fingerprint density at radius 2 is 1.85 bits per heavy atom. The third-order valence-electron chi connectivity index (χ3n) is 3.54. The molecule has 110 valence electrons. The van der Waals surface area contributed by atoms with Crippen molar-refractivity contribution in [3.05, 3.63) is 29.8 Å². The van der Waals surface area contributed by atoms with Crippen molar-refractivity contribution in [3.63, 3.8) is 0 Å². The summed E-state index contributed by atoms with van der Waals surface area (Å²) in [6, 6.07) is 4.93. The van der Waals surface area contributed by atoms with Crippen LogP contribution >= 0.6 is 0 Å². The molecule has 1 aliphatic rings. The maximum atomic E-state index is 12.0. The number of hydrogen-bond donors (Lipinski definition) is 1. The van der Waals surface area contributed by atoms with Gasteiger partial charge in [-0.3, -0.25) is 4.79 Å². The zero-order chi connectivity index (χ0) is 15.0. The number of halogens is 3. The van der Waals surface area contributed by atoms with Crippen molar-refractivity contribution in [3.8, 4) is 5.75 Å². The van der Waals surface area contributed by atoms with E-state index < -0.39 is 17.7 Å². The third kappa shape index (κ3) is 2.72. The summed E-state index contributed by atoms with van der Waals surface area (Å²) in [7, 11) is 1.50. The van der Waals surface area contributed by atoms with Crippen LogP contribution in [0.4, 0.5) is 13.2 Å². The predicted octanol–water partition coefficient (Wildman–Crippen LogP) is 2.72. The lowest BCUT2D eigenvalue weighted by molar-refractivity contribution is -0.274. The van der Waals surface area contributed by atoms with E-state index in [9.17, 15) is 23.1 Å². The SMILES string of the molecule is COC1CC(C(=O)O)(c2ccc(OC(F)(F)F)cc2)C1. The van der Waals surface area contributed by atoms with E-state index in [1.165, 1.54) is 19.2 Å². The molecule has 0 amide bonds. The van der Waals surface area contributed by atoms with E-state index in [1.807, 2.05) is 0 Å². The molecule has 4 nitrogen and oxygen atoms in total. The van der Waals surface area contributed by atoms with Gasteiger partial charge >= 0.3 is 12.3 Å². The first-order chi connectivity index (χ1) is 9.27. The molecule has 0 heterocycles. The Balaban J connectivity index is 2.18. The summed E-state index contributed by atoms with van der Waals surface area (Å²) < 4.78 is 45.0. The van der Waals surface area contributed by atoms with Crippen molar-refractivity contribution < 1.29 is 32.5 Å². The molecule has 1 aliphatic carbocycles. The van der Waals surface area contributed by atoms with Crippen molar-refractivity contribution in [2.45, 2.75) is 30.7 Å². The van der Waals surface area contributed by atoms with Gasteiger partial charge in [-0.05, 0) is 30.5 Å². The van der Waals surface area contributed by atoms with Crippen LogP contribution in [-0.2, 0) is 14.9 Å². The molecule has 20 heavy (non-hydrogen) atoms. The first-order valence-corrected chi connectivity index (χ1v) is 5.89. The van der Waals surface area contributed by atoms with Crippen LogP contribution < -0.4 is 4.74 Å². The second-order valence-corrected chi connectivity index (χ2v) is 4.73. The van der Waals surface area contributed by atoms with Crippen LogP contribution in [-0.4, -0.2) is 30.7 Å². The van der Waals surface area contributed by atoms with Crippen LogP contribution in [0.1, 0.15) is 18.4 Å². The van der Waals surface area contributed by atoms with Gasteiger partial charge in [0.1, 0.15) is 5.75 Å². The minimum absolute atomic E-state index is 0.141. The number of benzene rings is 1. The fourth-order valence-corrected chi connectivity index (χ4v) is 2.39. The number of ether oxygens (including phenoxy) is 2. The first-order valence-electron chi connectivity index (χ1n) is 5.89. The van der Waals surface area contributed by atoms with Crippen molar-refractivity contribution in [1.82, 2.24) is 0 Å². The molecule has 0 atom stereocenters. The van der Waals surface area contributed by atoms with Crippen LogP contribution in [0.15, 0.2) is 24.3 Å². The lowest BCUT2D eigenvalue weighted by Crippen LogP contribution is -2.51. The van der Waals surface area contributed by atoms with Gasteiger partial charge in [0.05, 0.1) is 11.5 Å². The molecule has 1 aromatic carbocycles. The Morgan fingerprint density at radius 1 is 1.30 bits per heavy atom. The molecule has 7 heteroatoms. The van der Waals surface area contributed by atoms with Gasteiger partial charge in [-0.25, -0.2) is 0 Å². The van der Waals surface area contributed by atoms with Crippen LogP contribution in [0.2, 0.25) is 0 Å². The minimum atomic E-state index is -4.76. The number of alkyl halides is 3. The molecule has 0 unspecified atom stereocenters. The van der Waals surface area contributed by atoms with Gasteiger partial charge in [0.2, 0.25) is 0 Å². The lowest BCUT2D eigenvalue weighted by atomic mass is 9.62. The van der Waals surface area contributed by atoms with Gasteiger partial charge < -0.3 is 14.6 Å². The highest BCUT2D eigenvalue weighted by Gasteiger charge is 2.52. The molecular weight excluding hydrogens is 277 g/mol. The average Bonchev–Trinajstić information content (AvgIpc) is 2.27. The van der Waals surface area contributed by atoms with E-state index in [0.717, 1.165) is 12.1 Å². The van der Waals surface area contributed by atoms with Crippen molar-refractivity contribution in [2.24, 2.45) is 0 Å². The van der Waals surface area contributed by atoms with Gasteiger partial charge in [-0.1, -0.05) is 12.1 Å². The fourth-order valence-electron chi connectivity index (χ4n) is 2.39. The number of carbonyl (C=O) groups is 1. The molecule has 1 fully saturated rings. The van der Waals surface area contributed by atoms with Crippen LogP contribution in [0.3, 0.4) is 0 Å². The number of methoxy groups -OCH3 is 1. The molecule has 0 radical (unpaired) electrons. The quantitative estimate of drug-likeness (QED) is 0.926. The third-order valence-corrected chi connectivity index (χ3v) is 3.54. The molecule has 2 rings (SSSR count). The maximum Gasteiger partial charge on any atom is 0.573 e. The molecule has 0 spiro atoms. The monoisotopic (exact) mass is 290 g/mol. The minimum Gasteiger partial charge on any atom is -0.481 e. The summed E-state index contributed by atoms with van der Waals surface area (Å²) in [5.74, 6) is -1.38. The number of carboxylic acids is 1. The van der Waals surface area contributed by atoms with Crippen molar-refractivity contribution in [1.29, 1.82) is 0 Å². The van der Waals surface area contributed by atoms with Gasteiger partial charge in [0.25, 0.3) is 0 Å². The van der Waals surface area contributed by atoms with Gasteiger partial charge in [0, 0.05) is 7.11 Å². The highest BCUT2D eigenvalue weighted by atomic mass is 19.4. The summed E-state index contributed by atoms with van der Waals surface area (Å²) in [6.07, 6.45) is -4.29. The Kier molecular flexibility index (Phi) is 3.64. The molecule has 1 N–H and O–H groups in total. The Labute approximate surface area is 113 Å². The number of rotatable bonds is 4. The second-order valence-electron chi connectivity index (χ2n) is 4.73. The lowest BCUT2D eigenvalue weighted by Gasteiger charge is -2.43. The summed E-state index contributed by atoms with van der Waals surface area (Å²) in [5, 5.41) is 9.34. The Hall–Kier alpha value is -1.76. The molecule has 0 aromatic heterocycles. The topological polar surface area (TPSA) is 55.8 Å². The van der Waals surface area contributed by atoms with E-state index in [4.69, 9.17) is 4.74 Å². The van der Waals surface area contributed by atoms with Gasteiger partial charge in [-0.15, -0.1) is 13.2 Å². The molecular formula is C13H13F3O4. The van der Waals surface area contributed by atoms with E-state index in [2.05, 4.69) is 4.74 Å². The largest absolute Gasteiger partial charge is 0.573 e. The van der Waals surface area contributed by atoms with Crippen LogP contribution in [0.5, 0.6) is 5.75 Å². The first kappa shape index (κ1) is 14.6. The Bertz CT molecular complexity index is 489. The average molecular weight is 290 g/mol. The maximum absolute atomic E-state index is 12.0. The summed E-state index contributed by atoms with van der Waals surface area (Å²) >= 11 is 0. The molecule has 0 bridgehead atoms. The van der Waals surface area contributed by atoms with Gasteiger partial charge in [0.15, 0.2) is 0 Å². The van der Waals surface area contributed by atoms with E-state index >= 15 is 0 Å². The standard InChI is InChI=1S/C13H13F3O4/c1-19-10-6-12(7-10,11(17)18)8-2-4-9(5-3-8)20-13(14,15)16/h2-5,10H,6-7H2,1H3,(H,17,18). The zero-order valence-corrected chi connectivity index (χ0v) is 10.6. The molecule has 1 saturated carbocycles. The van der Waals surface area contributed by atoms with Crippen molar-refractivity contribution in [2.75, 3.05) is 7.11 Å². The summed E-state index contributed by atoms with van der Waals surface area (Å²) in [5.41, 5.74) is -0.634. The van der Waals surface area contributed by atoms with Gasteiger partial charge in [-0.2, -0.15) is 0 Å². The van der Waals surface area contributed by atoms with Crippen LogP contribution in [0.25, 0.3) is 0 Å².